The van der Waals surface area contributed by atoms with E-state index in [1.807, 2.05) is 24.4 Å². The van der Waals surface area contributed by atoms with E-state index in [1.54, 1.807) is 0 Å². The Hall–Kier alpha value is -2.39. The van der Waals surface area contributed by atoms with Crippen LogP contribution >= 0.6 is 0 Å². The Morgan fingerprint density at radius 2 is 1.90 bits per heavy atom. The zero-order chi connectivity index (χ0) is 14.8. The minimum Gasteiger partial charge on any atom is -0.344 e. The van der Waals surface area contributed by atoms with Crippen molar-refractivity contribution in [1.82, 2.24) is 4.98 Å². The Morgan fingerprint density at radius 1 is 1.10 bits per heavy atom. The van der Waals surface area contributed by atoms with Crippen LogP contribution in [0.15, 0.2) is 54.7 Å². The molecule has 0 saturated heterocycles. The maximum absolute atomic E-state index is 5.92. The Kier molecular flexibility index (Phi) is 3.59. The number of para-hydroxylation sites is 1. The van der Waals surface area contributed by atoms with Gasteiger partial charge in [-0.25, -0.2) is 0 Å². The monoisotopic (exact) mass is 277 g/mol. The number of hydrogen-bond acceptors (Lipinski definition) is 3. The van der Waals surface area contributed by atoms with Crippen LogP contribution in [0.2, 0.25) is 0 Å². The Labute approximate surface area is 125 Å². The number of anilines is 2. The predicted octanol–water partition coefficient (Wildman–Crippen LogP) is 3.77. The van der Waals surface area contributed by atoms with Crippen molar-refractivity contribution in [2.45, 2.75) is 13.5 Å². The molecule has 0 aliphatic carbocycles. The molecule has 2 aromatic carbocycles. The van der Waals surface area contributed by atoms with Crippen molar-refractivity contribution in [3.63, 3.8) is 0 Å². The highest BCUT2D eigenvalue weighted by Gasteiger charge is 2.13. The molecule has 0 aliphatic rings. The third-order valence-corrected chi connectivity index (χ3v) is 3.77. The smallest absolute Gasteiger partial charge is 0.0723 e. The standard InChI is InChI=1S/C18H19N3/c1-13-6-5-7-15(10-13)21(2)18-14(11-19)12-20-17-9-4-3-8-16(17)18/h3-10,12H,11,19H2,1-2H3. The highest BCUT2D eigenvalue weighted by molar-refractivity contribution is 5.95. The number of fused-ring (bicyclic) bond motifs is 1. The molecule has 0 fully saturated rings. The van der Waals surface area contributed by atoms with E-state index < -0.39 is 0 Å². The Morgan fingerprint density at radius 3 is 2.67 bits per heavy atom. The third kappa shape index (κ3) is 2.48. The lowest BCUT2D eigenvalue weighted by molar-refractivity contribution is 1.04. The van der Waals surface area contributed by atoms with E-state index in [4.69, 9.17) is 5.73 Å². The first-order valence-electron chi connectivity index (χ1n) is 7.08. The van der Waals surface area contributed by atoms with E-state index in [0.717, 1.165) is 27.8 Å². The topological polar surface area (TPSA) is 42.1 Å². The van der Waals surface area contributed by atoms with E-state index in [1.165, 1.54) is 5.56 Å². The summed E-state index contributed by atoms with van der Waals surface area (Å²) in [6, 6.07) is 16.6. The SMILES string of the molecule is Cc1cccc(N(C)c2c(CN)cnc3ccccc23)c1. The first-order chi connectivity index (χ1) is 10.2. The summed E-state index contributed by atoms with van der Waals surface area (Å²) < 4.78 is 0. The van der Waals surface area contributed by atoms with Gasteiger partial charge >= 0.3 is 0 Å². The van der Waals surface area contributed by atoms with Crippen molar-refractivity contribution in [2.75, 3.05) is 11.9 Å². The van der Waals surface area contributed by atoms with Gasteiger partial charge < -0.3 is 10.6 Å². The van der Waals surface area contributed by atoms with Gasteiger partial charge in [-0.05, 0) is 30.7 Å². The van der Waals surface area contributed by atoms with E-state index in [-0.39, 0.29) is 0 Å². The van der Waals surface area contributed by atoms with E-state index >= 15 is 0 Å². The van der Waals surface area contributed by atoms with Crippen LogP contribution in [0, 0.1) is 6.92 Å². The second kappa shape index (κ2) is 5.54. The number of rotatable bonds is 3. The third-order valence-electron chi connectivity index (χ3n) is 3.77. The van der Waals surface area contributed by atoms with E-state index in [2.05, 4.69) is 54.2 Å². The van der Waals surface area contributed by atoms with Crippen LogP contribution in [0.4, 0.5) is 11.4 Å². The molecule has 21 heavy (non-hydrogen) atoms. The zero-order valence-electron chi connectivity index (χ0n) is 12.4. The molecule has 0 saturated carbocycles. The molecular formula is C18H19N3. The molecule has 1 aromatic heterocycles. The molecule has 3 aromatic rings. The molecule has 3 nitrogen and oxygen atoms in total. The van der Waals surface area contributed by atoms with Crippen molar-refractivity contribution in [2.24, 2.45) is 5.73 Å². The molecule has 0 unspecified atom stereocenters. The van der Waals surface area contributed by atoms with Crippen LogP contribution in [0.5, 0.6) is 0 Å². The lowest BCUT2D eigenvalue weighted by Crippen LogP contribution is -2.14. The van der Waals surface area contributed by atoms with E-state index in [0.29, 0.717) is 6.54 Å². The Balaban J connectivity index is 2.22. The Bertz CT molecular complexity index is 780. The van der Waals surface area contributed by atoms with Crippen molar-refractivity contribution in [1.29, 1.82) is 0 Å². The summed E-state index contributed by atoms with van der Waals surface area (Å²) >= 11 is 0. The van der Waals surface area contributed by atoms with Crippen molar-refractivity contribution in [3.05, 3.63) is 65.9 Å². The quantitative estimate of drug-likeness (QED) is 0.792. The number of nitrogens with zero attached hydrogens (tertiary/aromatic N) is 2. The van der Waals surface area contributed by atoms with Crippen LogP contribution in [-0.4, -0.2) is 12.0 Å². The molecule has 3 heteroatoms. The normalized spacial score (nSPS) is 10.8. The van der Waals surface area contributed by atoms with Gasteiger partial charge in [-0.3, -0.25) is 4.98 Å². The van der Waals surface area contributed by atoms with Gasteiger partial charge in [-0.15, -0.1) is 0 Å². The molecule has 106 valence electrons. The average Bonchev–Trinajstić information content (AvgIpc) is 2.53. The van der Waals surface area contributed by atoms with E-state index in [9.17, 15) is 0 Å². The van der Waals surface area contributed by atoms with Crippen molar-refractivity contribution < 1.29 is 0 Å². The first-order valence-corrected chi connectivity index (χ1v) is 7.08. The van der Waals surface area contributed by atoms with Gasteiger partial charge in [0, 0.05) is 36.4 Å². The fourth-order valence-electron chi connectivity index (χ4n) is 2.68. The zero-order valence-corrected chi connectivity index (χ0v) is 12.4. The molecule has 3 rings (SSSR count). The summed E-state index contributed by atoms with van der Waals surface area (Å²) in [5.74, 6) is 0. The number of nitrogens with two attached hydrogens (primary N) is 1. The maximum Gasteiger partial charge on any atom is 0.0723 e. The minimum absolute atomic E-state index is 0.476. The fraction of sp³-hybridized carbons (Fsp3) is 0.167. The molecule has 2 N–H and O–H groups in total. The highest BCUT2D eigenvalue weighted by atomic mass is 15.1. The largest absolute Gasteiger partial charge is 0.344 e. The number of pyridine rings is 1. The fourth-order valence-corrected chi connectivity index (χ4v) is 2.68. The summed E-state index contributed by atoms with van der Waals surface area (Å²) in [6.07, 6.45) is 1.88. The maximum atomic E-state index is 5.92. The molecule has 0 bridgehead atoms. The molecule has 0 amide bonds. The van der Waals surface area contributed by atoms with Crippen LogP contribution in [0.1, 0.15) is 11.1 Å². The molecular weight excluding hydrogens is 258 g/mol. The predicted molar refractivity (Wildman–Crippen MR) is 88.9 cm³/mol. The molecule has 0 spiro atoms. The lowest BCUT2D eigenvalue weighted by atomic mass is 10.1. The van der Waals surface area contributed by atoms with Crippen LogP contribution in [0.25, 0.3) is 10.9 Å². The molecule has 0 atom stereocenters. The number of aryl methyl sites for hydroxylation is 1. The second-order valence-corrected chi connectivity index (χ2v) is 5.25. The van der Waals surface area contributed by atoms with Gasteiger partial charge in [0.1, 0.15) is 0 Å². The summed E-state index contributed by atoms with van der Waals surface area (Å²) in [4.78, 5) is 6.69. The molecule has 1 heterocycles. The van der Waals surface area contributed by atoms with Crippen molar-refractivity contribution in [3.8, 4) is 0 Å². The summed E-state index contributed by atoms with van der Waals surface area (Å²) in [6.45, 7) is 2.58. The average molecular weight is 277 g/mol. The van der Waals surface area contributed by atoms with Gasteiger partial charge in [-0.2, -0.15) is 0 Å². The highest BCUT2D eigenvalue weighted by Crippen LogP contribution is 2.33. The van der Waals surface area contributed by atoms with Crippen molar-refractivity contribution >= 4 is 22.3 Å². The number of hydrogen-bond donors (Lipinski definition) is 1. The molecule has 0 radical (unpaired) electrons. The lowest BCUT2D eigenvalue weighted by Gasteiger charge is -2.24. The first kappa shape index (κ1) is 13.6. The molecule has 0 aliphatic heterocycles. The van der Waals surface area contributed by atoms with Gasteiger partial charge in [0.05, 0.1) is 11.2 Å². The summed E-state index contributed by atoms with van der Waals surface area (Å²) in [5.41, 5.74) is 11.5. The van der Waals surface area contributed by atoms with Gasteiger partial charge in [0.25, 0.3) is 0 Å². The van der Waals surface area contributed by atoms with Crippen LogP contribution in [0.3, 0.4) is 0 Å². The number of benzene rings is 2. The minimum atomic E-state index is 0.476. The van der Waals surface area contributed by atoms with Gasteiger partial charge in [0.2, 0.25) is 0 Å². The van der Waals surface area contributed by atoms with Crippen LogP contribution < -0.4 is 10.6 Å². The van der Waals surface area contributed by atoms with Crippen LogP contribution in [-0.2, 0) is 6.54 Å². The summed E-state index contributed by atoms with van der Waals surface area (Å²) in [5, 5.41) is 1.13. The second-order valence-electron chi connectivity index (χ2n) is 5.25. The van der Waals surface area contributed by atoms with Gasteiger partial charge in [-0.1, -0.05) is 30.3 Å². The van der Waals surface area contributed by atoms with Gasteiger partial charge in [0.15, 0.2) is 0 Å². The number of aromatic nitrogens is 1. The summed E-state index contributed by atoms with van der Waals surface area (Å²) in [7, 11) is 2.08.